The summed E-state index contributed by atoms with van der Waals surface area (Å²) in [6.07, 6.45) is 0. The number of hydrogen-bond acceptors (Lipinski definition) is 5. The zero-order chi connectivity index (χ0) is 16.9. The van der Waals surface area contributed by atoms with Gasteiger partial charge in [0.1, 0.15) is 0 Å². The van der Waals surface area contributed by atoms with E-state index in [2.05, 4.69) is 15.3 Å². The van der Waals surface area contributed by atoms with Gasteiger partial charge >= 0.3 is 0 Å². The summed E-state index contributed by atoms with van der Waals surface area (Å²) in [5.41, 5.74) is 2.64. The predicted molar refractivity (Wildman–Crippen MR) is 95.7 cm³/mol. The lowest BCUT2D eigenvalue weighted by molar-refractivity contribution is 0.101. The first-order valence-corrected chi connectivity index (χ1v) is 8.27. The molecule has 3 aromatic rings. The van der Waals surface area contributed by atoms with Gasteiger partial charge in [-0.05, 0) is 24.6 Å². The molecule has 0 saturated heterocycles. The van der Waals surface area contributed by atoms with Crippen LogP contribution in [0.2, 0.25) is 0 Å². The number of benzene rings is 2. The number of nitrogens with zero attached hydrogens (tertiary/aromatic N) is 4. The Morgan fingerprint density at radius 1 is 1.00 bits per heavy atom. The Morgan fingerprint density at radius 3 is 2.25 bits per heavy atom. The third kappa shape index (κ3) is 3.55. The fourth-order valence-corrected chi connectivity index (χ4v) is 2.83. The summed E-state index contributed by atoms with van der Waals surface area (Å²) in [5, 5.41) is 13.4. The molecule has 0 radical (unpaired) electrons. The van der Waals surface area contributed by atoms with Crippen molar-refractivity contribution in [2.45, 2.75) is 13.8 Å². The highest BCUT2D eigenvalue weighted by molar-refractivity contribution is 7.10. The van der Waals surface area contributed by atoms with E-state index in [0.717, 1.165) is 17.0 Å². The van der Waals surface area contributed by atoms with E-state index in [0.29, 0.717) is 9.81 Å². The van der Waals surface area contributed by atoms with Crippen molar-refractivity contribution < 1.29 is 4.79 Å². The molecule has 0 unspecified atom stereocenters. The smallest absolute Gasteiger partial charge is 0.233 e. The minimum Gasteiger partial charge on any atom is -0.292 e. The van der Waals surface area contributed by atoms with E-state index in [9.17, 15) is 4.79 Å². The van der Waals surface area contributed by atoms with E-state index in [1.165, 1.54) is 18.3 Å². The Morgan fingerprint density at radius 2 is 1.62 bits per heavy atom. The van der Waals surface area contributed by atoms with Crippen LogP contribution >= 0.6 is 11.3 Å². The number of para-hydroxylation sites is 1. The molecule has 1 aromatic heterocycles. The van der Waals surface area contributed by atoms with Gasteiger partial charge < -0.3 is 0 Å². The molecule has 0 spiro atoms. The third-order valence-corrected chi connectivity index (χ3v) is 4.34. The molecule has 0 fully saturated rings. The summed E-state index contributed by atoms with van der Waals surface area (Å²) < 4.78 is 1.64. The molecule has 5 nitrogen and oxygen atoms in total. The van der Waals surface area contributed by atoms with E-state index < -0.39 is 0 Å². The molecule has 0 N–H and O–H groups in total. The molecule has 0 amide bonds. The van der Waals surface area contributed by atoms with Crippen molar-refractivity contribution >= 4 is 22.8 Å². The average Bonchev–Trinajstić information content (AvgIpc) is 3.06. The van der Waals surface area contributed by atoms with Crippen LogP contribution < -0.4 is 4.80 Å². The molecular weight excluding hydrogens is 320 g/mol. The van der Waals surface area contributed by atoms with Crippen LogP contribution in [0.1, 0.15) is 29.2 Å². The quantitative estimate of drug-likeness (QED) is 0.416. The van der Waals surface area contributed by atoms with Crippen molar-refractivity contribution in [3.63, 3.8) is 0 Å². The molecule has 0 atom stereocenters. The van der Waals surface area contributed by atoms with E-state index in [4.69, 9.17) is 0 Å². The van der Waals surface area contributed by atoms with Crippen LogP contribution in [0.15, 0.2) is 70.9 Å². The zero-order valence-corrected chi connectivity index (χ0v) is 14.2. The average molecular weight is 336 g/mol. The summed E-state index contributed by atoms with van der Waals surface area (Å²) in [4.78, 5) is 12.2. The van der Waals surface area contributed by atoms with Crippen LogP contribution in [0.5, 0.6) is 0 Å². The molecule has 0 bridgehead atoms. The van der Waals surface area contributed by atoms with Gasteiger partial charge in [-0.3, -0.25) is 4.79 Å². The fraction of sp³-hybridized carbons (Fsp3) is 0.111. The van der Waals surface area contributed by atoms with Crippen LogP contribution in [-0.2, 0) is 0 Å². The van der Waals surface area contributed by atoms with E-state index in [1.807, 2.05) is 67.6 Å². The normalized spacial score (nSPS) is 12.4. The summed E-state index contributed by atoms with van der Waals surface area (Å²) in [6, 6.07) is 19.4. The predicted octanol–water partition coefficient (Wildman–Crippen LogP) is 3.46. The minimum atomic E-state index is -0.0881. The topological polar surface area (TPSA) is 59.6 Å². The van der Waals surface area contributed by atoms with Gasteiger partial charge in [-0.25, -0.2) is 4.68 Å². The highest BCUT2D eigenvalue weighted by Crippen LogP contribution is 2.08. The number of carbonyl (C=O) groups excluding carboxylic acids is 1. The molecule has 120 valence electrons. The van der Waals surface area contributed by atoms with Crippen LogP contribution in [-0.4, -0.2) is 21.3 Å². The van der Waals surface area contributed by atoms with Crippen LogP contribution in [0.4, 0.5) is 0 Å². The maximum Gasteiger partial charge on any atom is 0.233 e. The summed E-state index contributed by atoms with van der Waals surface area (Å²) in [5.74, 6) is -0.0881. The van der Waals surface area contributed by atoms with Gasteiger partial charge in [0, 0.05) is 6.92 Å². The molecule has 24 heavy (non-hydrogen) atoms. The molecule has 0 aliphatic carbocycles. The summed E-state index contributed by atoms with van der Waals surface area (Å²) in [7, 11) is 0. The Bertz CT molecular complexity index is 940. The van der Waals surface area contributed by atoms with Crippen molar-refractivity contribution in [3.05, 3.63) is 76.0 Å². The standard InChI is InChI=1S/C18H16N4OS/c1-13(15-9-5-3-6-10-15)19-20-18-22(16-11-7-4-8-12-16)21-17(24-18)14(2)23/h3-12H,1-2H3/b19-13+,20-18+. The first-order chi connectivity index (χ1) is 11.6. The minimum absolute atomic E-state index is 0.0881. The van der Waals surface area contributed by atoms with E-state index in [1.54, 1.807) is 4.68 Å². The Labute approximate surface area is 143 Å². The van der Waals surface area contributed by atoms with Gasteiger partial charge in [-0.15, -0.1) is 5.10 Å². The maximum atomic E-state index is 11.7. The number of aromatic nitrogens is 2. The lowest BCUT2D eigenvalue weighted by Crippen LogP contribution is -2.14. The molecule has 0 aliphatic heterocycles. The van der Waals surface area contributed by atoms with E-state index >= 15 is 0 Å². The lowest BCUT2D eigenvalue weighted by Gasteiger charge is -1.99. The second-order valence-corrected chi connectivity index (χ2v) is 6.10. The van der Waals surface area contributed by atoms with Crippen molar-refractivity contribution in [1.29, 1.82) is 0 Å². The summed E-state index contributed by atoms with van der Waals surface area (Å²) >= 11 is 1.23. The summed E-state index contributed by atoms with van der Waals surface area (Å²) in [6.45, 7) is 3.40. The van der Waals surface area contributed by atoms with Gasteiger partial charge in [0.05, 0.1) is 11.4 Å². The lowest BCUT2D eigenvalue weighted by atomic mass is 10.1. The highest BCUT2D eigenvalue weighted by atomic mass is 32.1. The maximum absolute atomic E-state index is 11.7. The van der Waals surface area contributed by atoms with E-state index in [-0.39, 0.29) is 5.78 Å². The van der Waals surface area contributed by atoms with Crippen molar-refractivity contribution in [1.82, 2.24) is 9.78 Å². The Hall–Kier alpha value is -2.86. The second-order valence-electron chi connectivity index (χ2n) is 5.14. The van der Waals surface area contributed by atoms with Crippen LogP contribution in [0.3, 0.4) is 0 Å². The molecule has 2 aromatic carbocycles. The molecule has 0 saturated carbocycles. The van der Waals surface area contributed by atoms with Gasteiger partial charge in [0.2, 0.25) is 4.80 Å². The van der Waals surface area contributed by atoms with Gasteiger partial charge in [0.25, 0.3) is 0 Å². The number of hydrogen-bond donors (Lipinski definition) is 0. The fourth-order valence-electron chi connectivity index (χ4n) is 2.08. The monoisotopic (exact) mass is 336 g/mol. The molecular formula is C18H16N4OS. The SMILES string of the molecule is CC(=O)c1nn(-c2ccccc2)/c(=N\N=C(/C)c2ccccc2)s1. The molecule has 0 aliphatic rings. The third-order valence-electron chi connectivity index (χ3n) is 3.34. The number of Topliss-reactive ketones (excluding diaryl/α,β-unsaturated/α-hetero) is 1. The van der Waals surface area contributed by atoms with Crippen molar-refractivity contribution in [2.24, 2.45) is 10.2 Å². The molecule has 6 heteroatoms. The number of ketones is 1. The van der Waals surface area contributed by atoms with Gasteiger partial charge in [0.15, 0.2) is 10.8 Å². The van der Waals surface area contributed by atoms with Gasteiger partial charge in [-0.1, -0.05) is 59.9 Å². The zero-order valence-electron chi connectivity index (χ0n) is 13.4. The first kappa shape index (κ1) is 16.0. The largest absolute Gasteiger partial charge is 0.292 e. The molecule has 3 rings (SSSR count). The van der Waals surface area contributed by atoms with Gasteiger partial charge in [-0.2, -0.15) is 10.2 Å². The van der Waals surface area contributed by atoms with Crippen LogP contribution in [0, 0.1) is 0 Å². The highest BCUT2D eigenvalue weighted by Gasteiger charge is 2.10. The first-order valence-electron chi connectivity index (χ1n) is 7.45. The Balaban J connectivity index is 2.08. The number of rotatable bonds is 4. The van der Waals surface area contributed by atoms with Crippen LogP contribution in [0.25, 0.3) is 5.69 Å². The molecule has 1 heterocycles. The van der Waals surface area contributed by atoms with Crippen molar-refractivity contribution in [3.8, 4) is 5.69 Å². The van der Waals surface area contributed by atoms with Crippen molar-refractivity contribution in [2.75, 3.05) is 0 Å². The number of carbonyl (C=O) groups is 1. The second kappa shape index (κ2) is 7.14. The Kier molecular flexibility index (Phi) is 4.77.